The van der Waals surface area contributed by atoms with Gasteiger partial charge >= 0.3 is 12.8 Å². The van der Waals surface area contributed by atoms with E-state index in [0.29, 0.717) is 30.0 Å². The summed E-state index contributed by atoms with van der Waals surface area (Å²) in [7, 11) is 0. The fourth-order valence-electron chi connectivity index (χ4n) is 3.73. The van der Waals surface area contributed by atoms with Crippen molar-refractivity contribution in [3.63, 3.8) is 0 Å². The number of halogens is 7. The van der Waals surface area contributed by atoms with Crippen molar-refractivity contribution in [1.29, 1.82) is 0 Å². The van der Waals surface area contributed by atoms with Crippen LogP contribution in [0.4, 0.5) is 26.3 Å². The van der Waals surface area contributed by atoms with Crippen molar-refractivity contribution in [2.75, 3.05) is 6.54 Å². The SMILES string of the molecule is Fc1c(Br)ccc2c1CC[C@@]21CN2C=C(C(F)(F)F)C=C(OC(F)F)C2=N1. The highest BCUT2D eigenvalue weighted by Gasteiger charge is 2.49. The van der Waals surface area contributed by atoms with Crippen LogP contribution in [0.2, 0.25) is 0 Å². The average Bonchev–Trinajstić information content (AvgIpc) is 3.11. The predicted octanol–water partition coefficient (Wildman–Crippen LogP) is 5.03. The Morgan fingerprint density at radius 1 is 1.26 bits per heavy atom. The second-order valence-corrected chi connectivity index (χ2v) is 7.31. The van der Waals surface area contributed by atoms with Crippen LogP contribution >= 0.6 is 15.9 Å². The van der Waals surface area contributed by atoms with Crippen molar-refractivity contribution in [2.24, 2.45) is 4.99 Å². The molecule has 0 fully saturated rings. The molecule has 1 spiro atoms. The second kappa shape index (κ2) is 6.02. The first-order valence-corrected chi connectivity index (χ1v) is 8.70. The maximum Gasteiger partial charge on any atom is 0.417 e. The number of allylic oxidation sites excluding steroid dienone is 2. The van der Waals surface area contributed by atoms with E-state index in [1.54, 1.807) is 6.07 Å². The first-order valence-electron chi connectivity index (χ1n) is 7.90. The third-order valence-electron chi connectivity index (χ3n) is 4.86. The lowest BCUT2D eigenvalue weighted by Crippen LogP contribution is -2.34. The molecule has 1 aliphatic carbocycles. The smallest absolute Gasteiger partial charge is 0.417 e. The van der Waals surface area contributed by atoms with Crippen LogP contribution in [0.5, 0.6) is 0 Å². The topological polar surface area (TPSA) is 24.8 Å². The Bertz CT molecular complexity index is 907. The summed E-state index contributed by atoms with van der Waals surface area (Å²) in [5.41, 5.74) is -1.15. The lowest BCUT2D eigenvalue weighted by atomic mass is 9.93. The normalized spacial score (nSPS) is 24.0. The second-order valence-electron chi connectivity index (χ2n) is 6.45. The van der Waals surface area contributed by atoms with Crippen molar-refractivity contribution in [2.45, 2.75) is 31.2 Å². The van der Waals surface area contributed by atoms with Gasteiger partial charge in [-0.25, -0.2) is 4.39 Å². The molecule has 1 aromatic carbocycles. The Hall–Kier alpha value is -1.97. The van der Waals surface area contributed by atoms with Crippen LogP contribution in [0.15, 0.2) is 45.2 Å². The van der Waals surface area contributed by atoms with Crippen molar-refractivity contribution < 1.29 is 31.1 Å². The van der Waals surface area contributed by atoms with Crippen LogP contribution in [0, 0.1) is 5.82 Å². The van der Waals surface area contributed by atoms with Gasteiger partial charge in [0.1, 0.15) is 11.4 Å². The number of amidine groups is 1. The number of benzene rings is 1. The summed E-state index contributed by atoms with van der Waals surface area (Å²) in [4.78, 5) is 5.57. The van der Waals surface area contributed by atoms with Gasteiger partial charge in [-0.2, -0.15) is 22.0 Å². The molecular weight excluding hydrogens is 442 g/mol. The van der Waals surface area contributed by atoms with Crippen LogP contribution in [0.1, 0.15) is 17.5 Å². The molecule has 0 radical (unpaired) electrons. The lowest BCUT2D eigenvalue weighted by molar-refractivity contribution is -0.0981. The Labute approximate surface area is 158 Å². The van der Waals surface area contributed by atoms with E-state index in [9.17, 15) is 26.3 Å². The predicted molar refractivity (Wildman–Crippen MR) is 87.6 cm³/mol. The molecule has 0 aromatic heterocycles. The highest BCUT2D eigenvalue weighted by Crippen LogP contribution is 2.48. The molecule has 4 rings (SSSR count). The van der Waals surface area contributed by atoms with Gasteiger partial charge < -0.3 is 9.64 Å². The van der Waals surface area contributed by atoms with E-state index in [1.807, 2.05) is 0 Å². The maximum atomic E-state index is 14.4. The molecule has 3 nitrogen and oxygen atoms in total. The van der Waals surface area contributed by atoms with E-state index >= 15 is 0 Å². The van der Waals surface area contributed by atoms with Crippen LogP contribution in [-0.2, 0) is 16.7 Å². The Morgan fingerprint density at radius 3 is 2.67 bits per heavy atom. The molecule has 27 heavy (non-hydrogen) atoms. The third-order valence-corrected chi connectivity index (χ3v) is 5.47. The summed E-state index contributed by atoms with van der Waals surface area (Å²) in [5.74, 6) is -1.21. The van der Waals surface area contributed by atoms with Crippen LogP contribution in [0.25, 0.3) is 0 Å². The van der Waals surface area contributed by atoms with Gasteiger partial charge in [-0.1, -0.05) is 6.07 Å². The minimum Gasteiger partial charge on any atom is -0.431 e. The zero-order valence-corrected chi connectivity index (χ0v) is 15.0. The van der Waals surface area contributed by atoms with Gasteiger partial charge in [0.2, 0.25) is 0 Å². The van der Waals surface area contributed by atoms with Crippen molar-refractivity contribution in [1.82, 2.24) is 4.90 Å². The standard InChI is InChI=1S/C17H11BrF6N2O/c18-11-2-1-10-9(13(11)19)3-4-16(10)7-26-6-8(17(22,23)24)5-12(14(26)25-16)27-15(20)21/h1-2,5-6,15H,3-4,7H2/t16-/m1/s1. The van der Waals surface area contributed by atoms with E-state index in [0.717, 1.165) is 11.1 Å². The van der Waals surface area contributed by atoms with E-state index in [1.165, 1.54) is 6.07 Å². The number of rotatable bonds is 2. The minimum atomic E-state index is -4.73. The van der Waals surface area contributed by atoms with E-state index in [4.69, 9.17) is 0 Å². The summed E-state index contributed by atoms with van der Waals surface area (Å²) in [6, 6.07) is 3.16. The summed E-state index contributed by atoms with van der Waals surface area (Å²) < 4.78 is 83.8. The monoisotopic (exact) mass is 452 g/mol. The molecule has 0 amide bonds. The first kappa shape index (κ1) is 18.4. The Balaban J connectivity index is 1.80. The van der Waals surface area contributed by atoms with Gasteiger partial charge in [-0.15, -0.1) is 0 Å². The highest BCUT2D eigenvalue weighted by atomic mass is 79.9. The molecule has 0 saturated carbocycles. The highest BCUT2D eigenvalue weighted by molar-refractivity contribution is 9.10. The molecule has 1 atom stereocenters. The lowest BCUT2D eigenvalue weighted by Gasteiger charge is -2.26. The maximum absolute atomic E-state index is 14.4. The zero-order valence-electron chi connectivity index (χ0n) is 13.5. The molecule has 3 aliphatic rings. The van der Waals surface area contributed by atoms with E-state index < -0.39 is 35.5 Å². The number of hydrogen-bond acceptors (Lipinski definition) is 3. The quantitative estimate of drug-likeness (QED) is 0.588. The van der Waals surface area contributed by atoms with E-state index in [-0.39, 0.29) is 16.9 Å². The fourth-order valence-corrected chi connectivity index (χ4v) is 4.10. The summed E-state index contributed by atoms with van der Waals surface area (Å²) in [6.07, 6.45) is -2.71. The van der Waals surface area contributed by atoms with Crippen LogP contribution in [0.3, 0.4) is 0 Å². The fraction of sp³-hybridized carbons (Fsp3) is 0.353. The van der Waals surface area contributed by atoms with Crippen LogP contribution < -0.4 is 0 Å². The number of aliphatic imine (C=N–C) groups is 1. The van der Waals surface area contributed by atoms with Gasteiger partial charge in [-0.3, -0.25) is 4.99 Å². The molecule has 2 aliphatic heterocycles. The number of alkyl halides is 5. The van der Waals surface area contributed by atoms with Gasteiger partial charge in [-0.05, 0) is 52.0 Å². The van der Waals surface area contributed by atoms with Crippen LogP contribution in [-0.4, -0.2) is 30.1 Å². The molecule has 0 bridgehead atoms. The number of nitrogens with zero attached hydrogens (tertiary/aromatic N) is 2. The summed E-state index contributed by atoms with van der Waals surface area (Å²) in [5, 5.41) is 0. The molecule has 0 unspecified atom stereocenters. The molecule has 144 valence electrons. The van der Waals surface area contributed by atoms with Crippen molar-refractivity contribution in [3.8, 4) is 0 Å². The largest absolute Gasteiger partial charge is 0.431 e. The number of fused-ring (bicyclic) bond motifs is 3. The minimum absolute atomic E-state index is 0.0140. The van der Waals surface area contributed by atoms with E-state index in [2.05, 4.69) is 25.7 Å². The average molecular weight is 453 g/mol. The first-order chi connectivity index (χ1) is 12.6. The Kier molecular flexibility index (Phi) is 4.10. The molecule has 1 aromatic rings. The van der Waals surface area contributed by atoms with Crippen molar-refractivity contribution >= 4 is 21.8 Å². The molecule has 0 saturated heterocycles. The molecule has 2 heterocycles. The zero-order chi connectivity index (χ0) is 19.6. The number of ether oxygens (including phenoxy) is 1. The molecule has 10 heteroatoms. The van der Waals surface area contributed by atoms with Gasteiger partial charge in [0.05, 0.1) is 16.6 Å². The summed E-state index contributed by atoms with van der Waals surface area (Å²) >= 11 is 3.11. The van der Waals surface area contributed by atoms with Gasteiger partial charge in [0.15, 0.2) is 11.6 Å². The number of hydrogen-bond donors (Lipinski definition) is 0. The van der Waals surface area contributed by atoms with Gasteiger partial charge in [0, 0.05) is 6.20 Å². The van der Waals surface area contributed by atoms with Gasteiger partial charge in [0.25, 0.3) is 0 Å². The van der Waals surface area contributed by atoms with Crippen molar-refractivity contribution in [3.05, 3.63) is 57.2 Å². The third kappa shape index (κ3) is 2.94. The Morgan fingerprint density at radius 2 is 2.00 bits per heavy atom. The molecular formula is C17H11BrF6N2O. The molecule has 0 N–H and O–H groups in total. The summed E-state index contributed by atoms with van der Waals surface area (Å²) in [6.45, 7) is -3.31.